The highest BCUT2D eigenvalue weighted by atomic mass is 35.5. The fourth-order valence-electron chi connectivity index (χ4n) is 1.89. The molecule has 2 rings (SSSR count). The van der Waals surface area contributed by atoms with Gasteiger partial charge in [-0.25, -0.2) is 4.79 Å². The number of nitrogens with one attached hydrogen (secondary N) is 1. The van der Waals surface area contributed by atoms with Gasteiger partial charge in [-0.3, -0.25) is 14.6 Å². The Morgan fingerprint density at radius 2 is 2.04 bits per heavy atom. The molecule has 2 aromatic rings. The van der Waals surface area contributed by atoms with Gasteiger partial charge >= 0.3 is 12.1 Å². The summed E-state index contributed by atoms with van der Waals surface area (Å²) in [7, 11) is 0. The third-order valence-corrected chi connectivity index (χ3v) is 3.29. The Bertz CT molecular complexity index is 821. The predicted octanol–water partition coefficient (Wildman–Crippen LogP) is 2.99. The predicted molar refractivity (Wildman–Crippen MR) is 77.3 cm³/mol. The Kier molecular flexibility index (Phi) is 4.65. The molecule has 23 heavy (non-hydrogen) atoms. The number of benzene rings is 1. The number of aromatic nitrogens is 2. The molecule has 5 nitrogen and oxygen atoms in total. The summed E-state index contributed by atoms with van der Waals surface area (Å²) in [4.78, 5) is 21.9. The van der Waals surface area contributed by atoms with Crippen molar-refractivity contribution in [1.29, 1.82) is 0 Å². The fraction of sp³-hybridized carbons (Fsp3) is 0.143. The molecule has 0 saturated heterocycles. The summed E-state index contributed by atoms with van der Waals surface area (Å²) in [6.45, 7) is -0.0154. The molecule has 2 N–H and O–H groups in total. The van der Waals surface area contributed by atoms with Crippen LogP contribution in [-0.4, -0.2) is 20.9 Å². The number of carboxylic acids is 1. The average molecular weight is 347 g/mol. The molecule has 1 heterocycles. The van der Waals surface area contributed by atoms with Crippen molar-refractivity contribution in [2.45, 2.75) is 12.7 Å². The Morgan fingerprint density at radius 1 is 1.35 bits per heavy atom. The lowest BCUT2D eigenvalue weighted by molar-refractivity contribution is -0.137. The van der Waals surface area contributed by atoms with Crippen LogP contribution < -0.4 is 5.56 Å². The first-order chi connectivity index (χ1) is 10.7. The van der Waals surface area contributed by atoms with E-state index in [-0.39, 0.29) is 17.3 Å². The molecule has 0 spiro atoms. The second-order valence-electron chi connectivity index (χ2n) is 4.61. The lowest BCUT2D eigenvalue weighted by atomic mass is 10.1. The van der Waals surface area contributed by atoms with Crippen molar-refractivity contribution in [3.8, 4) is 0 Å². The van der Waals surface area contributed by atoms with Crippen molar-refractivity contribution in [3.63, 3.8) is 0 Å². The van der Waals surface area contributed by atoms with Crippen molar-refractivity contribution in [3.05, 3.63) is 62.5 Å². The lowest BCUT2D eigenvalue weighted by Crippen LogP contribution is -2.10. The van der Waals surface area contributed by atoms with Crippen LogP contribution in [0.2, 0.25) is 5.02 Å². The van der Waals surface area contributed by atoms with Crippen molar-refractivity contribution in [1.82, 2.24) is 9.78 Å². The van der Waals surface area contributed by atoms with Crippen LogP contribution in [0.4, 0.5) is 13.2 Å². The third kappa shape index (κ3) is 4.26. The minimum atomic E-state index is -4.50. The SMILES string of the molecule is O=C(O)C=Cc1cc(=O)[nH]n1Cc1ccc(C(F)(F)F)cc1Cl. The van der Waals surface area contributed by atoms with E-state index in [1.807, 2.05) is 0 Å². The first kappa shape index (κ1) is 16.9. The third-order valence-electron chi connectivity index (χ3n) is 2.94. The van der Waals surface area contributed by atoms with Crippen LogP contribution in [0.1, 0.15) is 16.8 Å². The first-order valence-electron chi connectivity index (χ1n) is 6.23. The van der Waals surface area contributed by atoms with Crippen molar-refractivity contribution < 1.29 is 23.1 Å². The van der Waals surface area contributed by atoms with Crippen LogP contribution in [0.25, 0.3) is 6.08 Å². The van der Waals surface area contributed by atoms with Gasteiger partial charge in [0, 0.05) is 17.2 Å². The number of carboxylic acid groups (broad SMARTS) is 1. The van der Waals surface area contributed by atoms with Gasteiger partial charge in [0.1, 0.15) is 0 Å². The quantitative estimate of drug-likeness (QED) is 0.836. The molecular formula is C14H10ClF3N2O3. The van der Waals surface area contributed by atoms with Gasteiger partial charge in [-0.15, -0.1) is 0 Å². The van der Waals surface area contributed by atoms with Gasteiger partial charge in [-0.2, -0.15) is 13.2 Å². The molecule has 0 fully saturated rings. The van der Waals surface area contributed by atoms with E-state index < -0.39 is 23.3 Å². The summed E-state index contributed by atoms with van der Waals surface area (Å²) >= 11 is 5.85. The number of hydrogen-bond donors (Lipinski definition) is 2. The molecular weight excluding hydrogens is 337 g/mol. The van der Waals surface area contributed by atoms with E-state index >= 15 is 0 Å². The molecule has 0 saturated carbocycles. The largest absolute Gasteiger partial charge is 0.478 e. The molecule has 0 aliphatic rings. The highest BCUT2D eigenvalue weighted by Gasteiger charge is 2.30. The minimum absolute atomic E-state index is 0.0154. The van der Waals surface area contributed by atoms with Crippen LogP contribution in [0.15, 0.2) is 35.1 Å². The van der Waals surface area contributed by atoms with Crippen LogP contribution in [-0.2, 0) is 17.5 Å². The second-order valence-corrected chi connectivity index (χ2v) is 5.01. The molecule has 0 amide bonds. The molecule has 0 radical (unpaired) electrons. The van der Waals surface area contributed by atoms with Gasteiger partial charge < -0.3 is 5.11 Å². The van der Waals surface area contributed by atoms with E-state index in [4.69, 9.17) is 16.7 Å². The maximum atomic E-state index is 12.6. The molecule has 1 aromatic carbocycles. The summed E-state index contributed by atoms with van der Waals surface area (Å²) in [6.07, 6.45) is -2.47. The number of aliphatic carboxylic acids is 1. The van der Waals surface area contributed by atoms with Crippen LogP contribution in [0.5, 0.6) is 0 Å². The number of carbonyl (C=O) groups is 1. The van der Waals surface area contributed by atoms with E-state index in [0.29, 0.717) is 5.56 Å². The van der Waals surface area contributed by atoms with Crippen LogP contribution >= 0.6 is 11.6 Å². The van der Waals surface area contributed by atoms with Gasteiger partial charge in [0.25, 0.3) is 5.56 Å². The molecule has 0 aliphatic heterocycles. The highest BCUT2D eigenvalue weighted by molar-refractivity contribution is 6.31. The van der Waals surface area contributed by atoms with E-state index in [1.165, 1.54) is 16.8 Å². The number of H-pyrrole nitrogens is 1. The second kappa shape index (κ2) is 6.33. The molecule has 9 heteroatoms. The summed E-state index contributed by atoms with van der Waals surface area (Å²) in [5.41, 5.74) is -0.749. The zero-order valence-corrected chi connectivity index (χ0v) is 12.1. The zero-order valence-electron chi connectivity index (χ0n) is 11.4. The number of halogens is 4. The molecule has 0 bridgehead atoms. The zero-order chi connectivity index (χ0) is 17.2. The Labute approximate surface area is 132 Å². The fourth-order valence-corrected chi connectivity index (χ4v) is 2.13. The van der Waals surface area contributed by atoms with E-state index in [2.05, 4.69) is 5.10 Å². The Balaban J connectivity index is 2.33. The van der Waals surface area contributed by atoms with Crippen molar-refractivity contribution >= 4 is 23.6 Å². The lowest BCUT2D eigenvalue weighted by Gasteiger charge is -2.11. The molecule has 1 aromatic heterocycles. The number of aromatic amines is 1. The maximum Gasteiger partial charge on any atom is 0.416 e. The molecule has 0 aliphatic carbocycles. The van der Waals surface area contributed by atoms with Gasteiger partial charge in [-0.05, 0) is 23.8 Å². The van der Waals surface area contributed by atoms with Crippen LogP contribution in [0, 0.1) is 0 Å². The molecule has 0 unspecified atom stereocenters. The van der Waals surface area contributed by atoms with Crippen molar-refractivity contribution in [2.75, 3.05) is 0 Å². The first-order valence-corrected chi connectivity index (χ1v) is 6.61. The number of hydrogen-bond acceptors (Lipinski definition) is 2. The number of nitrogens with zero attached hydrogens (tertiary/aromatic N) is 1. The Morgan fingerprint density at radius 3 is 2.61 bits per heavy atom. The monoisotopic (exact) mass is 346 g/mol. The maximum absolute atomic E-state index is 12.6. The van der Waals surface area contributed by atoms with Crippen LogP contribution in [0.3, 0.4) is 0 Å². The normalized spacial score (nSPS) is 12.0. The summed E-state index contributed by atoms with van der Waals surface area (Å²) < 4.78 is 39.1. The topological polar surface area (TPSA) is 75.1 Å². The van der Waals surface area contributed by atoms with E-state index in [1.54, 1.807) is 0 Å². The molecule has 122 valence electrons. The van der Waals surface area contributed by atoms with Gasteiger partial charge in [0.15, 0.2) is 0 Å². The van der Waals surface area contributed by atoms with Gasteiger partial charge in [0.2, 0.25) is 0 Å². The smallest absolute Gasteiger partial charge is 0.416 e. The average Bonchev–Trinajstić information content (AvgIpc) is 2.77. The van der Waals surface area contributed by atoms with E-state index in [9.17, 15) is 22.8 Å². The molecule has 0 atom stereocenters. The van der Waals surface area contributed by atoms with Gasteiger partial charge in [-0.1, -0.05) is 17.7 Å². The summed E-state index contributed by atoms with van der Waals surface area (Å²) in [6, 6.07) is 4.05. The summed E-state index contributed by atoms with van der Waals surface area (Å²) in [5, 5.41) is 10.9. The van der Waals surface area contributed by atoms with Crippen molar-refractivity contribution in [2.24, 2.45) is 0 Å². The number of rotatable bonds is 4. The van der Waals surface area contributed by atoms with E-state index in [0.717, 1.165) is 24.3 Å². The van der Waals surface area contributed by atoms with Gasteiger partial charge in [0.05, 0.1) is 17.8 Å². The Hall–Kier alpha value is -2.48. The summed E-state index contributed by atoms with van der Waals surface area (Å²) in [5.74, 6) is -1.20. The highest BCUT2D eigenvalue weighted by Crippen LogP contribution is 2.32. The number of alkyl halides is 3. The standard InChI is InChI=1S/C14H10ClF3N2O3/c15-11-5-9(14(16,17)18)2-1-8(11)7-20-10(3-4-13(22)23)6-12(21)19-20/h1-6H,7H2,(H,19,21)(H,22,23). The minimum Gasteiger partial charge on any atom is -0.478 e.